The van der Waals surface area contributed by atoms with Crippen molar-refractivity contribution < 1.29 is 4.79 Å². The summed E-state index contributed by atoms with van der Waals surface area (Å²) in [6.07, 6.45) is 3.68. The summed E-state index contributed by atoms with van der Waals surface area (Å²) in [5.41, 5.74) is 8.54. The molecular weight excluding hydrogens is 316 g/mol. The molecule has 1 amide bonds. The molecule has 1 aliphatic heterocycles. The van der Waals surface area contributed by atoms with E-state index in [0.717, 1.165) is 36.0 Å². The lowest BCUT2D eigenvalue weighted by Crippen LogP contribution is -2.40. The molecule has 4 rings (SSSR count). The molecule has 1 saturated heterocycles. The minimum Gasteiger partial charge on any atom is -0.333 e. The van der Waals surface area contributed by atoms with Crippen LogP contribution in [-0.4, -0.2) is 49.9 Å². The van der Waals surface area contributed by atoms with E-state index in [2.05, 4.69) is 15.3 Å². The summed E-state index contributed by atoms with van der Waals surface area (Å²) >= 11 is 0. The second-order valence-electron chi connectivity index (χ2n) is 6.32. The van der Waals surface area contributed by atoms with Crippen molar-refractivity contribution in [3.8, 4) is 5.69 Å². The first kappa shape index (κ1) is 15.7. The number of pyridine rings is 1. The molecule has 1 aromatic carbocycles. The van der Waals surface area contributed by atoms with Gasteiger partial charge in [-0.15, -0.1) is 5.10 Å². The molecule has 2 aromatic heterocycles. The number of para-hydroxylation sites is 1. The van der Waals surface area contributed by atoms with E-state index in [9.17, 15) is 4.79 Å². The van der Waals surface area contributed by atoms with Gasteiger partial charge in [0.2, 0.25) is 0 Å². The van der Waals surface area contributed by atoms with Crippen LogP contribution in [0.2, 0.25) is 0 Å². The molecule has 0 spiro atoms. The van der Waals surface area contributed by atoms with Gasteiger partial charge in [0.15, 0.2) is 5.69 Å². The van der Waals surface area contributed by atoms with Crippen molar-refractivity contribution >= 4 is 16.8 Å². The Morgan fingerprint density at radius 3 is 3.00 bits per heavy atom. The molecule has 2 N–H and O–H groups in total. The van der Waals surface area contributed by atoms with Crippen molar-refractivity contribution in [2.45, 2.75) is 25.8 Å². The van der Waals surface area contributed by atoms with Crippen LogP contribution in [0.25, 0.3) is 16.6 Å². The van der Waals surface area contributed by atoms with Crippen LogP contribution in [0.5, 0.6) is 0 Å². The Balaban J connectivity index is 1.75. The predicted molar refractivity (Wildman–Crippen MR) is 94.5 cm³/mol. The van der Waals surface area contributed by atoms with Gasteiger partial charge in [0, 0.05) is 30.7 Å². The van der Waals surface area contributed by atoms with Gasteiger partial charge >= 0.3 is 0 Å². The Hall–Kier alpha value is -2.80. The van der Waals surface area contributed by atoms with E-state index < -0.39 is 0 Å². The second kappa shape index (κ2) is 6.25. The van der Waals surface area contributed by atoms with Crippen molar-refractivity contribution in [3.05, 3.63) is 47.9 Å². The van der Waals surface area contributed by atoms with Gasteiger partial charge in [-0.1, -0.05) is 23.4 Å². The molecule has 7 nitrogen and oxygen atoms in total. The van der Waals surface area contributed by atoms with Gasteiger partial charge in [0.05, 0.1) is 16.9 Å². The molecule has 0 aliphatic carbocycles. The van der Waals surface area contributed by atoms with Crippen molar-refractivity contribution in [2.24, 2.45) is 5.73 Å². The number of rotatable bonds is 3. The molecular formula is C18H20N6O. The quantitative estimate of drug-likeness (QED) is 0.786. The molecule has 7 heteroatoms. The van der Waals surface area contributed by atoms with Crippen LogP contribution in [0.3, 0.4) is 0 Å². The van der Waals surface area contributed by atoms with Crippen LogP contribution in [0.1, 0.15) is 29.0 Å². The standard InChI is InChI=1S/C18H20N6O/c1-12-16(18(25)23-10-4-7-14(23)11-19)21-22-24(12)15-8-2-5-13-6-3-9-20-17(13)15/h2-3,5-6,8-9,14H,4,7,10-11,19H2,1H3/t14-/m1/s1. The van der Waals surface area contributed by atoms with Crippen molar-refractivity contribution in [3.63, 3.8) is 0 Å². The van der Waals surface area contributed by atoms with Crippen molar-refractivity contribution in [1.29, 1.82) is 0 Å². The maximum Gasteiger partial charge on any atom is 0.276 e. The third-order valence-electron chi connectivity index (χ3n) is 4.85. The summed E-state index contributed by atoms with van der Waals surface area (Å²) in [5.74, 6) is -0.0927. The van der Waals surface area contributed by atoms with Gasteiger partial charge in [-0.3, -0.25) is 9.78 Å². The first-order chi connectivity index (χ1) is 12.2. The van der Waals surface area contributed by atoms with E-state index in [1.807, 2.05) is 42.2 Å². The van der Waals surface area contributed by atoms with Crippen LogP contribution >= 0.6 is 0 Å². The number of nitrogens with zero attached hydrogens (tertiary/aromatic N) is 5. The Kier molecular flexibility index (Phi) is 3.93. The number of carbonyl (C=O) groups is 1. The maximum absolute atomic E-state index is 12.9. The highest BCUT2D eigenvalue weighted by molar-refractivity contribution is 5.94. The summed E-state index contributed by atoms with van der Waals surface area (Å²) < 4.78 is 1.69. The number of hydrogen-bond donors (Lipinski definition) is 1. The minimum atomic E-state index is -0.0927. The molecule has 3 heterocycles. The first-order valence-electron chi connectivity index (χ1n) is 8.48. The number of nitrogens with two attached hydrogens (primary N) is 1. The zero-order valence-electron chi connectivity index (χ0n) is 14.1. The third kappa shape index (κ3) is 2.56. The van der Waals surface area contributed by atoms with E-state index in [0.29, 0.717) is 17.9 Å². The highest BCUT2D eigenvalue weighted by Gasteiger charge is 2.31. The minimum absolute atomic E-state index is 0.0927. The number of aromatic nitrogens is 4. The van der Waals surface area contributed by atoms with E-state index in [4.69, 9.17) is 5.73 Å². The summed E-state index contributed by atoms with van der Waals surface area (Å²) in [4.78, 5) is 19.2. The Morgan fingerprint density at radius 1 is 1.32 bits per heavy atom. The summed E-state index contributed by atoms with van der Waals surface area (Å²) in [5, 5.41) is 9.41. The molecule has 0 unspecified atom stereocenters. The van der Waals surface area contributed by atoms with Gasteiger partial charge < -0.3 is 10.6 Å². The van der Waals surface area contributed by atoms with Crippen LogP contribution in [0.4, 0.5) is 0 Å². The summed E-state index contributed by atoms with van der Waals surface area (Å²) in [7, 11) is 0. The molecule has 1 fully saturated rings. The zero-order valence-corrected chi connectivity index (χ0v) is 14.1. The highest BCUT2D eigenvalue weighted by Crippen LogP contribution is 2.23. The monoisotopic (exact) mass is 336 g/mol. The lowest BCUT2D eigenvalue weighted by molar-refractivity contribution is 0.0734. The van der Waals surface area contributed by atoms with Gasteiger partial charge in [-0.2, -0.15) is 0 Å². The second-order valence-corrected chi connectivity index (χ2v) is 6.32. The molecule has 0 radical (unpaired) electrons. The fourth-order valence-electron chi connectivity index (χ4n) is 3.50. The van der Waals surface area contributed by atoms with E-state index in [1.165, 1.54) is 0 Å². The summed E-state index contributed by atoms with van der Waals surface area (Å²) in [6.45, 7) is 3.07. The Morgan fingerprint density at radius 2 is 2.16 bits per heavy atom. The topological polar surface area (TPSA) is 89.9 Å². The van der Waals surface area contributed by atoms with Gasteiger partial charge in [-0.25, -0.2) is 4.68 Å². The highest BCUT2D eigenvalue weighted by atomic mass is 16.2. The number of benzene rings is 1. The normalized spacial score (nSPS) is 17.4. The number of hydrogen-bond acceptors (Lipinski definition) is 5. The first-order valence-corrected chi connectivity index (χ1v) is 8.48. The number of likely N-dealkylation sites (tertiary alicyclic amines) is 1. The van der Waals surface area contributed by atoms with Crippen molar-refractivity contribution in [2.75, 3.05) is 13.1 Å². The molecule has 0 bridgehead atoms. The van der Waals surface area contributed by atoms with Crippen LogP contribution < -0.4 is 5.73 Å². The molecule has 25 heavy (non-hydrogen) atoms. The molecule has 1 atom stereocenters. The van der Waals surface area contributed by atoms with Crippen molar-refractivity contribution in [1.82, 2.24) is 24.9 Å². The Bertz CT molecular complexity index is 929. The predicted octanol–water partition coefficient (Wildman–Crippen LogP) is 1.69. The SMILES string of the molecule is Cc1c(C(=O)N2CCC[C@@H]2CN)nnn1-c1cccc2cccnc12. The lowest BCUT2D eigenvalue weighted by Gasteiger charge is -2.22. The molecule has 1 aliphatic rings. The van der Waals surface area contributed by atoms with Crippen LogP contribution in [0.15, 0.2) is 36.5 Å². The van der Waals surface area contributed by atoms with Gasteiger partial charge in [0.1, 0.15) is 0 Å². The van der Waals surface area contributed by atoms with Crippen LogP contribution in [0, 0.1) is 6.92 Å². The molecule has 128 valence electrons. The summed E-state index contributed by atoms with van der Waals surface area (Å²) in [6, 6.07) is 9.88. The van der Waals surface area contributed by atoms with E-state index in [-0.39, 0.29) is 11.9 Å². The smallest absolute Gasteiger partial charge is 0.276 e. The van der Waals surface area contributed by atoms with Crippen LogP contribution in [-0.2, 0) is 0 Å². The average molecular weight is 336 g/mol. The van der Waals surface area contributed by atoms with Gasteiger partial charge in [0.25, 0.3) is 5.91 Å². The lowest BCUT2D eigenvalue weighted by atomic mass is 10.2. The number of amides is 1. The average Bonchev–Trinajstić information content (AvgIpc) is 3.27. The van der Waals surface area contributed by atoms with E-state index in [1.54, 1.807) is 10.9 Å². The largest absolute Gasteiger partial charge is 0.333 e. The molecule has 0 saturated carbocycles. The third-order valence-corrected chi connectivity index (χ3v) is 4.85. The van der Waals surface area contributed by atoms with Gasteiger partial charge in [-0.05, 0) is 31.9 Å². The fraction of sp³-hybridized carbons (Fsp3) is 0.333. The zero-order chi connectivity index (χ0) is 17.4. The maximum atomic E-state index is 12.9. The van der Waals surface area contributed by atoms with E-state index >= 15 is 0 Å². The number of carbonyl (C=O) groups excluding carboxylic acids is 1. The molecule has 3 aromatic rings. The fourth-order valence-corrected chi connectivity index (χ4v) is 3.50. The number of fused-ring (bicyclic) bond motifs is 1. The Labute approximate surface area is 145 Å².